The molecule has 1 saturated carbocycles. The van der Waals surface area contributed by atoms with Gasteiger partial charge in [0, 0.05) is 19.1 Å². The molecule has 92 valence electrons. The molecule has 0 spiro atoms. The van der Waals surface area contributed by atoms with Gasteiger partial charge in [0.2, 0.25) is 0 Å². The molecular weight excluding hydrogens is 204 g/mol. The van der Waals surface area contributed by atoms with Crippen molar-refractivity contribution in [3.8, 4) is 0 Å². The Balaban J connectivity index is 1.95. The first-order valence-corrected chi connectivity index (χ1v) is 6.10. The summed E-state index contributed by atoms with van der Waals surface area (Å²) in [6, 6.07) is 0.290. The normalized spacial score (nSPS) is 34.0. The summed E-state index contributed by atoms with van der Waals surface area (Å²) < 4.78 is 5.38. The van der Waals surface area contributed by atoms with E-state index >= 15 is 0 Å². The Labute approximate surface area is 97.1 Å². The minimum Gasteiger partial charge on any atom is -0.444 e. The van der Waals surface area contributed by atoms with Crippen molar-refractivity contribution in [2.75, 3.05) is 13.1 Å². The number of carbonyl (C=O) groups is 1. The van der Waals surface area contributed by atoms with E-state index < -0.39 is 5.60 Å². The number of fused-ring (bicyclic) bond motifs is 2. The van der Waals surface area contributed by atoms with Gasteiger partial charge in [-0.05, 0) is 45.4 Å². The van der Waals surface area contributed by atoms with Crippen molar-refractivity contribution in [2.24, 2.45) is 17.6 Å². The summed E-state index contributed by atoms with van der Waals surface area (Å²) in [5, 5.41) is 0. The van der Waals surface area contributed by atoms with Crippen molar-refractivity contribution in [3.63, 3.8) is 0 Å². The molecule has 2 rings (SSSR count). The SMILES string of the molecule is CC(C)(C)OC(=O)N1CC2CCC(C1)C2N. The maximum Gasteiger partial charge on any atom is 0.410 e. The zero-order chi connectivity index (χ0) is 11.9. The number of piperidine rings is 1. The third-order valence-electron chi connectivity index (χ3n) is 3.56. The van der Waals surface area contributed by atoms with E-state index in [0.717, 1.165) is 25.9 Å². The number of hydrogen-bond acceptors (Lipinski definition) is 3. The summed E-state index contributed by atoms with van der Waals surface area (Å²) in [5.74, 6) is 0.956. The standard InChI is InChI=1S/C12H22N2O2/c1-12(2,3)16-11(15)14-6-8-4-5-9(7-14)10(8)13/h8-10H,4-7,13H2,1-3H3. The largest absolute Gasteiger partial charge is 0.444 e. The average Bonchev–Trinajstić information content (AvgIpc) is 2.38. The number of hydrogen-bond donors (Lipinski definition) is 1. The van der Waals surface area contributed by atoms with Crippen molar-refractivity contribution in [1.82, 2.24) is 4.90 Å². The number of rotatable bonds is 0. The Morgan fingerprint density at radius 2 is 1.75 bits per heavy atom. The molecule has 1 aliphatic heterocycles. The zero-order valence-electron chi connectivity index (χ0n) is 10.4. The maximum absolute atomic E-state index is 11.9. The summed E-state index contributed by atoms with van der Waals surface area (Å²) in [6.45, 7) is 7.23. The van der Waals surface area contributed by atoms with E-state index in [4.69, 9.17) is 10.5 Å². The Morgan fingerprint density at radius 3 is 2.19 bits per heavy atom. The van der Waals surface area contributed by atoms with Gasteiger partial charge in [-0.1, -0.05) is 0 Å². The highest BCUT2D eigenvalue weighted by molar-refractivity contribution is 5.68. The minimum atomic E-state index is -0.407. The van der Waals surface area contributed by atoms with Crippen LogP contribution >= 0.6 is 0 Å². The lowest BCUT2D eigenvalue weighted by atomic mass is 9.93. The highest BCUT2D eigenvalue weighted by Crippen LogP contribution is 2.35. The van der Waals surface area contributed by atoms with Crippen LogP contribution in [0.2, 0.25) is 0 Å². The molecule has 1 heterocycles. The van der Waals surface area contributed by atoms with Gasteiger partial charge in [0.05, 0.1) is 0 Å². The summed E-state index contributed by atoms with van der Waals surface area (Å²) in [6.07, 6.45) is 2.13. The Hall–Kier alpha value is -0.770. The quantitative estimate of drug-likeness (QED) is 0.682. The van der Waals surface area contributed by atoms with Crippen molar-refractivity contribution in [3.05, 3.63) is 0 Å². The van der Waals surface area contributed by atoms with Crippen LogP contribution in [0.3, 0.4) is 0 Å². The van der Waals surface area contributed by atoms with E-state index in [1.54, 1.807) is 0 Å². The molecule has 2 aliphatic rings. The van der Waals surface area contributed by atoms with Crippen LogP contribution < -0.4 is 5.73 Å². The van der Waals surface area contributed by atoms with E-state index in [0.29, 0.717) is 17.9 Å². The number of nitrogens with zero attached hydrogens (tertiary/aromatic N) is 1. The van der Waals surface area contributed by atoms with Gasteiger partial charge in [-0.15, -0.1) is 0 Å². The van der Waals surface area contributed by atoms with Crippen LogP contribution in [0, 0.1) is 11.8 Å². The van der Waals surface area contributed by atoms with Crippen molar-refractivity contribution < 1.29 is 9.53 Å². The fraction of sp³-hybridized carbons (Fsp3) is 0.917. The number of ether oxygens (including phenoxy) is 1. The van der Waals surface area contributed by atoms with Crippen molar-refractivity contribution >= 4 is 6.09 Å². The Bertz CT molecular complexity index is 271. The molecule has 2 bridgehead atoms. The van der Waals surface area contributed by atoms with Gasteiger partial charge >= 0.3 is 6.09 Å². The number of amides is 1. The third-order valence-corrected chi connectivity index (χ3v) is 3.56. The number of likely N-dealkylation sites (tertiary alicyclic amines) is 1. The van der Waals surface area contributed by atoms with Crippen LogP contribution in [0.4, 0.5) is 4.79 Å². The second-order valence-electron chi connectivity index (χ2n) is 6.06. The summed E-state index contributed by atoms with van der Waals surface area (Å²) >= 11 is 0. The molecular formula is C12H22N2O2. The molecule has 2 atom stereocenters. The van der Waals surface area contributed by atoms with Gasteiger partial charge in [-0.25, -0.2) is 4.79 Å². The lowest BCUT2D eigenvalue weighted by molar-refractivity contribution is 0.0134. The van der Waals surface area contributed by atoms with Crippen LogP contribution in [0.25, 0.3) is 0 Å². The second kappa shape index (κ2) is 3.91. The smallest absolute Gasteiger partial charge is 0.410 e. The molecule has 2 N–H and O–H groups in total. The fourth-order valence-electron chi connectivity index (χ4n) is 2.74. The number of carbonyl (C=O) groups excluding carboxylic acids is 1. The second-order valence-corrected chi connectivity index (χ2v) is 6.06. The molecule has 0 aromatic rings. The fourth-order valence-corrected chi connectivity index (χ4v) is 2.74. The number of nitrogens with two attached hydrogens (primary N) is 1. The first-order chi connectivity index (χ1) is 7.37. The van der Waals surface area contributed by atoms with Gasteiger partial charge < -0.3 is 15.4 Å². The van der Waals surface area contributed by atoms with Crippen molar-refractivity contribution in [1.29, 1.82) is 0 Å². The van der Waals surface area contributed by atoms with Crippen LogP contribution in [0.15, 0.2) is 0 Å². The van der Waals surface area contributed by atoms with Crippen molar-refractivity contribution in [2.45, 2.75) is 45.3 Å². The van der Waals surface area contributed by atoms with Gasteiger partial charge in [-0.2, -0.15) is 0 Å². The molecule has 0 radical (unpaired) electrons. The molecule has 1 aliphatic carbocycles. The Kier molecular flexibility index (Phi) is 2.86. The topological polar surface area (TPSA) is 55.6 Å². The lowest BCUT2D eigenvalue weighted by Crippen LogP contribution is -2.51. The van der Waals surface area contributed by atoms with Crippen LogP contribution in [0.5, 0.6) is 0 Å². The lowest BCUT2D eigenvalue weighted by Gasteiger charge is -2.36. The first kappa shape index (κ1) is 11.7. The van der Waals surface area contributed by atoms with E-state index in [1.165, 1.54) is 0 Å². The molecule has 1 saturated heterocycles. The summed E-state index contributed by atoms with van der Waals surface area (Å²) in [5.41, 5.74) is 5.69. The Morgan fingerprint density at radius 1 is 1.25 bits per heavy atom. The molecule has 4 heteroatoms. The predicted molar refractivity (Wildman–Crippen MR) is 62.0 cm³/mol. The maximum atomic E-state index is 11.9. The molecule has 0 aromatic heterocycles. The summed E-state index contributed by atoms with van der Waals surface area (Å²) in [7, 11) is 0. The van der Waals surface area contributed by atoms with Gasteiger partial charge in [0.1, 0.15) is 5.60 Å². The van der Waals surface area contributed by atoms with E-state index in [9.17, 15) is 4.79 Å². The van der Waals surface area contributed by atoms with Gasteiger partial charge in [0.15, 0.2) is 0 Å². The van der Waals surface area contributed by atoms with E-state index in [2.05, 4.69) is 0 Å². The minimum absolute atomic E-state index is 0.184. The molecule has 0 aromatic carbocycles. The van der Waals surface area contributed by atoms with E-state index in [-0.39, 0.29) is 6.09 Å². The summed E-state index contributed by atoms with van der Waals surface area (Å²) in [4.78, 5) is 13.7. The molecule has 4 nitrogen and oxygen atoms in total. The molecule has 2 fully saturated rings. The highest BCUT2D eigenvalue weighted by atomic mass is 16.6. The monoisotopic (exact) mass is 226 g/mol. The zero-order valence-corrected chi connectivity index (χ0v) is 10.4. The van der Waals surface area contributed by atoms with Crippen LogP contribution in [0.1, 0.15) is 33.6 Å². The molecule has 2 unspecified atom stereocenters. The highest BCUT2D eigenvalue weighted by Gasteiger charge is 2.42. The average molecular weight is 226 g/mol. The predicted octanol–water partition coefficient (Wildman–Crippen LogP) is 1.59. The first-order valence-electron chi connectivity index (χ1n) is 6.10. The third kappa shape index (κ3) is 2.32. The van der Waals surface area contributed by atoms with Crippen LogP contribution in [-0.2, 0) is 4.74 Å². The van der Waals surface area contributed by atoms with Gasteiger partial charge in [-0.3, -0.25) is 0 Å². The van der Waals surface area contributed by atoms with Gasteiger partial charge in [0.25, 0.3) is 0 Å². The van der Waals surface area contributed by atoms with Crippen LogP contribution in [-0.4, -0.2) is 35.7 Å². The molecule has 16 heavy (non-hydrogen) atoms. The molecule has 1 amide bonds. The van der Waals surface area contributed by atoms with E-state index in [1.807, 2.05) is 25.7 Å².